The lowest BCUT2D eigenvalue weighted by Gasteiger charge is -2.22. The summed E-state index contributed by atoms with van der Waals surface area (Å²) in [7, 11) is 0. The molecule has 0 radical (unpaired) electrons. The van der Waals surface area contributed by atoms with Crippen molar-refractivity contribution in [1.82, 2.24) is 0 Å². The van der Waals surface area contributed by atoms with Gasteiger partial charge in [0.2, 0.25) is 0 Å². The Bertz CT molecular complexity index is 425. The van der Waals surface area contributed by atoms with E-state index in [1.54, 1.807) is 34.6 Å². The molecule has 0 aromatic carbocycles. The molecule has 114 valence electrons. The summed E-state index contributed by atoms with van der Waals surface area (Å²) in [5.41, 5.74) is -0.317. The van der Waals surface area contributed by atoms with Crippen LogP contribution in [0.2, 0.25) is 0 Å². The molecule has 0 aliphatic carbocycles. The van der Waals surface area contributed by atoms with Crippen LogP contribution in [-0.4, -0.2) is 47.8 Å². The molecular formula is C13H21NO6. The lowest BCUT2D eigenvalue weighted by atomic mass is 9.97. The van der Waals surface area contributed by atoms with Crippen molar-refractivity contribution < 1.29 is 28.9 Å². The number of nitrogens with zero attached hydrogens (tertiary/aromatic N) is 1. The van der Waals surface area contributed by atoms with E-state index in [2.05, 4.69) is 5.16 Å². The number of rotatable bonds is 2. The average Bonchev–Trinajstić information content (AvgIpc) is 2.75. The normalized spacial score (nSPS) is 34.2. The first-order valence-electron chi connectivity index (χ1n) is 6.54. The van der Waals surface area contributed by atoms with E-state index in [0.717, 1.165) is 0 Å². The van der Waals surface area contributed by atoms with Crippen LogP contribution in [0.5, 0.6) is 0 Å². The number of ether oxygens (including phenoxy) is 4. The molecule has 2 heterocycles. The van der Waals surface area contributed by atoms with Gasteiger partial charge in [-0.25, -0.2) is 0 Å². The molecule has 2 fully saturated rings. The molecule has 0 amide bonds. The van der Waals surface area contributed by atoms with Crippen molar-refractivity contribution in [2.75, 3.05) is 6.61 Å². The lowest BCUT2D eigenvalue weighted by molar-refractivity contribution is -0.202. The zero-order valence-corrected chi connectivity index (χ0v) is 12.4. The number of esters is 1. The second kappa shape index (κ2) is 4.98. The van der Waals surface area contributed by atoms with Crippen molar-refractivity contribution in [3.63, 3.8) is 0 Å². The average molecular weight is 287 g/mol. The van der Waals surface area contributed by atoms with Crippen molar-refractivity contribution in [3.05, 3.63) is 0 Å². The maximum absolute atomic E-state index is 11.7. The number of hydrogen-bond donors (Lipinski definition) is 1. The maximum atomic E-state index is 11.7. The van der Waals surface area contributed by atoms with Crippen molar-refractivity contribution >= 4 is 11.7 Å². The molecule has 2 aliphatic heterocycles. The highest BCUT2D eigenvalue weighted by Gasteiger charge is 2.53. The third-order valence-corrected chi connectivity index (χ3v) is 3.07. The second-order valence-electron chi connectivity index (χ2n) is 6.42. The van der Waals surface area contributed by atoms with Crippen LogP contribution in [-0.2, 0) is 23.7 Å². The van der Waals surface area contributed by atoms with Crippen LogP contribution in [0.25, 0.3) is 0 Å². The van der Waals surface area contributed by atoms with Crippen molar-refractivity contribution in [1.29, 1.82) is 0 Å². The Labute approximate surface area is 117 Å². The topological polar surface area (TPSA) is 86.6 Å². The molecule has 0 unspecified atom stereocenters. The Balaban J connectivity index is 1.97. The Kier molecular flexibility index (Phi) is 3.79. The maximum Gasteiger partial charge on any atom is 0.311 e. The molecule has 0 bridgehead atoms. The van der Waals surface area contributed by atoms with Gasteiger partial charge in [0.1, 0.15) is 18.4 Å². The van der Waals surface area contributed by atoms with Crippen LogP contribution in [0.15, 0.2) is 5.16 Å². The van der Waals surface area contributed by atoms with E-state index >= 15 is 0 Å². The van der Waals surface area contributed by atoms with Crippen LogP contribution >= 0.6 is 0 Å². The van der Waals surface area contributed by atoms with Gasteiger partial charge in [0.15, 0.2) is 18.2 Å². The molecule has 0 saturated carbocycles. The summed E-state index contributed by atoms with van der Waals surface area (Å²) in [6.07, 6.45) is -1.88. The summed E-state index contributed by atoms with van der Waals surface area (Å²) in [6.45, 7) is 8.74. The molecule has 7 nitrogen and oxygen atoms in total. The van der Waals surface area contributed by atoms with E-state index in [-0.39, 0.29) is 18.3 Å². The first-order chi connectivity index (χ1) is 9.14. The monoisotopic (exact) mass is 287 g/mol. The van der Waals surface area contributed by atoms with Gasteiger partial charge in [0, 0.05) is 0 Å². The minimum absolute atomic E-state index is 0.0321. The number of hydrogen-bond acceptors (Lipinski definition) is 7. The fourth-order valence-corrected chi connectivity index (χ4v) is 2.06. The Morgan fingerprint density at radius 3 is 2.60 bits per heavy atom. The molecular weight excluding hydrogens is 266 g/mol. The minimum atomic E-state index is -0.793. The van der Waals surface area contributed by atoms with Gasteiger partial charge in [-0.05, 0) is 34.6 Å². The van der Waals surface area contributed by atoms with Gasteiger partial charge in [-0.1, -0.05) is 5.16 Å². The van der Waals surface area contributed by atoms with Gasteiger partial charge in [-0.2, -0.15) is 0 Å². The SMILES string of the molecule is CC1(C)O[C@H]2O[C@H](COC(=O)C(C)(C)C)/C(=N\O)[C@H]2O1. The van der Waals surface area contributed by atoms with Gasteiger partial charge in [0.25, 0.3) is 0 Å². The summed E-state index contributed by atoms with van der Waals surface area (Å²) >= 11 is 0. The van der Waals surface area contributed by atoms with E-state index in [0.29, 0.717) is 0 Å². The molecule has 2 rings (SSSR count). The predicted octanol–water partition coefficient (Wildman–Crippen LogP) is 1.28. The fourth-order valence-electron chi connectivity index (χ4n) is 2.06. The quantitative estimate of drug-likeness (QED) is 0.468. The number of oxime groups is 1. The molecule has 2 aliphatic rings. The van der Waals surface area contributed by atoms with E-state index in [1.165, 1.54) is 0 Å². The molecule has 0 aromatic heterocycles. The summed E-state index contributed by atoms with van der Waals surface area (Å²) in [5, 5.41) is 12.3. The highest BCUT2D eigenvalue weighted by atomic mass is 16.8. The summed E-state index contributed by atoms with van der Waals surface area (Å²) < 4.78 is 21.9. The number of carbonyl (C=O) groups is 1. The predicted molar refractivity (Wildman–Crippen MR) is 68.3 cm³/mol. The standard InChI is InChI=1S/C13H21NO6/c1-12(2,3)11(15)17-6-7-8(14-16)9-10(18-7)20-13(4,5)19-9/h7,9-10,16H,6H2,1-5H3/b14-8+/t7-,9-,10-/m1/s1. The highest BCUT2D eigenvalue weighted by Crippen LogP contribution is 2.36. The number of carbonyl (C=O) groups excluding carboxylic acids is 1. The smallest absolute Gasteiger partial charge is 0.311 e. The largest absolute Gasteiger partial charge is 0.462 e. The van der Waals surface area contributed by atoms with Crippen LogP contribution in [0, 0.1) is 5.41 Å². The van der Waals surface area contributed by atoms with Crippen LogP contribution in [0.4, 0.5) is 0 Å². The summed E-state index contributed by atoms with van der Waals surface area (Å²) in [6, 6.07) is 0. The fraction of sp³-hybridized carbons (Fsp3) is 0.846. The molecule has 0 spiro atoms. The zero-order chi connectivity index (χ0) is 15.1. The Morgan fingerprint density at radius 2 is 2.05 bits per heavy atom. The zero-order valence-electron chi connectivity index (χ0n) is 12.4. The van der Waals surface area contributed by atoms with Crippen molar-refractivity contribution in [2.45, 2.75) is 58.9 Å². The highest BCUT2D eigenvalue weighted by molar-refractivity contribution is 5.95. The third-order valence-electron chi connectivity index (χ3n) is 3.07. The van der Waals surface area contributed by atoms with Gasteiger partial charge in [0.05, 0.1) is 5.41 Å². The van der Waals surface area contributed by atoms with Crippen LogP contribution in [0.1, 0.15) is 34.6 Å². The van der Waals surface area contributed by atoms with Crippen LogP contribution < -0.4 is 0 Å². The Hall–Kier alpha value is -1.18. The van der Waals surface area contributed by atoms with E-state index < -0.39 is 29.7 Å². The lowest BCUT2D eigenvalue weighted by Crippen LogP contribution is -2.35. The minimum Gasteiger partial charge on any atom is -0.462 e. The Morgan fingerprint density at radius 1 is 1.40 bits per heavy atom. The second-order valence-corrected chi connectivity index (χ2v) is 6.42. The molecule has 0 aromatic rings. The third kappa shape index (κ3) is 2.94. The summed E-state index contributed by atoms with van der Waals surface area (Å²) in [5.74, 6) is -1.14. The first kappa shape index (κ1) is 15.2. The van der Waals surface area contributed by atoms with E-state index in [9.17, 15) is 4.79 Å². The van der Waals surface area contributed by atoms with E-state index in [4.69, 9.17) is 24.2 Å². The van der Waals surface area contributed by atoms with Crippen molar-refractivity contribution in [3.8, 4) is 0 Å². The van der Waals surface area contributed by atoms with Crippen molar-refractivity contribution in [2.24, 2.45) is 10.6 Å². The number of fused-ring (bicyclic) bond motifs is 1. The summed E-state index contributed by atoms with van der Waals surface area (Å²) in [4.78, 5) is 11.7. The van der Waals surface area contributed by atoms with E-state index in [1.807, 2.05) is 0 Å². The van der Waals surface area contributed by atoms with Gasteiger partial charge < -0.3 is 24.2 Å². The molecule has 20 heavy (non-hydrogen) atoms. The first-order valence-corrected chi connectivity index (χ1v) is 6.54. The molecule has 3 atom stereocenters. The molecule has 1 N–H and O–H groups in total. The van der Waals surface area contributed by atoms with Crippen LogP contribution in [0.3, 0.4) is 0 Å². The van der Waals surface area contributed by atoms with Gasteiger partial charge >= 0.3 is 5.97 Å². The molecule has 7 heteroatoms. The van der Waals surface area contributed by atoms with Gasteiger partial charge in [-0.3, -0.25) is 4.79 Å². The molecule has 2 saturated heterocycles. The van der Waals surface area contributed by atoms with Gasteiger partial charge in [-0.15, -0.1) is 0 Å².